The van der Waals surface area contributed by atoms with Crippen LogP contribution in [0.4, 0.5) is 0 Å². The fourth-order valence-electron chi connectivity index (χ4n) is 3.67. The van der Waals surface area contributed by atoms with E-state index in [1.54, 1.807) is 29.9 Å². The minimum atomic E-state index is -0.148. The van der Waals surface area contributed by atoms with Gasteiger partial charge in [0, 0.05) is 43.5 Å². The lowest BCUT2D eigenvalue weighted by atomic mass is 10.0. The number of rotatable bonds is 5. The highest BCUT2D eigenvalue weighted by atomic mass is 127. The van der Waals surface area contributed by atoms with Crippen molar-refractivity contribution in [3.05, 3.63) is 71.9 Å². The fourth-order valence-corrected chi connectivity index (χ4v) is 4.16. The number of methoxy groups -OCH3 is 1. The number of carbonyl (C=O) groups is 1. The molecular formula is C20H15IN4O3. The van der Waals surface area contributed by atoms with Gasteiger partial charge < -0.3 is 9.30 Å². The van der Waals surface area contributed by atoms with E-state index < -0.39 is 0 Å². The Morgan fingerprint density at radius 3 is 2.71 bits per heavy atom. The molecule has 0 N–H and O–H groups in total. The number of azide groups is 1. The predicted octanol–water partition coefficient (Wildman–Crippen LogP) is 4.53. The van der Waals surface area contributed by atoms with Crippen molar-refractivity contribution in [3.63, 3.8) is 0 Å². The first-order valence-electron chi connectivity index (χ1n) is 8.67. The number of nitrogens with zero attached hydrogens (tertiary/aromatic N) is 4. The minimum absolute atomic E-state index is 0.112. The summed E-state index contributed by atoms with van der Waals surface area (Å²) >= 11 is 2.15. The van der Waals surface area contributed by atoms with E-state index in [1.807, 2.05) is 18.2 Å². The van der Waals surface area contributed by atoms with Crippen LogP contribution < -0.4 is 10.3 Å². The van der Waals surface area contributed by atoms with Crippen LogP contribution >= 0.6 is 22.6 Å². The molecule has 0 radical (unpaired) electrons. The lowest BCUT2D eigenvalue weighted by Gasteiger charge is -2.15. The van der Waals surface area contributed by atoms with Crippen molar-refractivity contribution in [1.82, 2.24) is 4.57 Å². The Bertz CT molecular complexity index is 1240. The second-order valence-electron chi connectivity index (χ2n) is 6.42. The van der Waals surface area contributed by atoms with E-state index in [2.05, 4.69) is 32.6 Å². The van der Waals surface area contributed by atoms with E-state index in [9.17, 15) is 9.59 Å². The average molecular weight is 486 g/mol. The summed E-state index contributed by atoms with van der Waals surface area (Å²) in [5.41, 5.74) is 10.8. The van der Waals surface area contributed by atoms with Gasteiger partial charge >= 0.3 is 0 Å². The largest absolute Gasteiger partial charge is 0.497 e. The molecule has 7 nitrogen and oxygen atoms in total. The number of fused-ring (bicyclic) bond motifs is 5. The van der Waals surface area contributed by atoms with Crippen molar-refractivity contribution in [1.29, 1.82) is 0 Å². The number of hydrogen-bond donors (Lipinski definition) is 0. The van der Waals surface area contributed by atoms with Crippen LogP contribution in [0.25, 0.3) is 32.5 Å². The number of hydrogen-bond acceptors (Lipinski definition) is 4. The Morgan fingerprint density at radius 1 is 1.14 bits per heavy atom. The first kappa shape index (κ1) is 18.5. The second-order valence-corrected chi connectivity index (χ2v) is 7.66. The molecule has 0 unspecified atom stereocenters. The van der Waals surface area contributed by atoms with Gasteiger partial charge in [-0.1, -0.05) is 11.2 Å². The van der Waals surface area contributed by atoms with E-state index >= 15 is 0 Å². The number of benzene rings is 2. The number of aromatic nitrogens is 1. The summed E-state index contributed by atoms with van der Waals surface area (Å²) in [7, 11) is 1.55. The van der Waals surface area contributed by atoms with Crippen LogP contribution in [0.2, 0.25) is 0 Å². The van der Waals surface area contributed by atoms with Crippen molar-refractivity contribution in [2.24, 2.45) is 5.11 Å². The molecule has 0 amide bonds. The molecule has 0 atom stereocenters. The highest BCUT2D eigenvalue weighted by Gasteiger charge is 2.33. The summed E-state index contributed by atoms with van der Waals surface area (Å²) < 4.78 is 7.83. The molecule has 0 saturated carbocycles. The van der Waals surface area contributed by atoms with E-state index in [1.165, 1.54) is 0 Å². The highest BCUT2D eigenvalue weighted by Crippen LogP contribution is 2.41. The van der Waals surface area contributed by atoms with Gasteiger partial charge in [0.05, 0.1) is 18.4 Å². The predicted molar refractivity (Wildman–Crippen MR) is 115 cm³/mol. The summed E-state index contributed by atoms with van der Waals surface area (Å²) in [6.45, 7) is 0.645. The van der Waals surface area contributed by atoms with Crippen LogP contribution in [0.3, 0.4) is 0 Å². The van der Waals surface area contributed by atoms with Crippen LogP contribution in [0.1, 0.15) is 22.3 Å². The summed E-state index contributed by atoms with van der Waals surface area (Å²) in [6.07, 6.45) is 0.505. The van der Waals surface area contributed by atoms with Crippen molar-refractivity contribution < 1.29 is 9.53 Å². The van der Waals surface area contributed by atoms with Crippen LogP contribution in [-0.2, 0) is 6.54 Å². The number of ketones is 1. The normalized spacial score (nSPS) is 11.9. The maximum Gasteiger partial charge on any atom is 0.258 e. The summed E-state index contributed by atoms with van der Waals surface area (Å²) in [5, 5.41) is 4.72. The third-order valence-electron chi connectivity index (χ3n) is 4.89. The molecule has 2 aromatic carbocycles. The van der Waals surface area contributed by atoms with E-state index in [0.29, 0.717) is 46.3 Å². The van der Waals surface area contributed by atoms with Gasteiger partial charge in [-0.05, 0) is 64.9 Å². The molecule has 3 aromatic rings. The van der Waals surface area contributed by atoms with Gasteiger partial charge in [-0.2, -0.15) is 0 Å². The summed E-state index contributed by atoms with van der Waals surface area (Å²) in [4.78, 5) is 29.3. The smallest absolute Gasteiger partial charge is 0.258 e. The maximum absolute atomic E-state index is 13.3. The first-order chi connectivity index (χ1) is 13.6. The summed E-state index contributed by atoms with van der Waals surface area (Å²) in [5.74, 6) is 0.481. The third kappa shape index (κ3) is 2.85. The van der Waals surface area contributed by atoms with E-state index in [4.69, 9.17) is 10.3 Å². The second kappa shape index (κ2) is 7.29. The third-order valence-corrected chi connectivity index (χ3v) is 5.56. The van der Waals surface area contributed by atoms with Crippen molar-refractivity contribution in [3.8, 4) is 17.0 Å². The number of pyridine rings is 1. The molecule has 1 aromatic heterocycles. The van der Waals surface area contributed by atoms with Gasteiger partial charge in [-0.15, -0.1) is 0 Å². The Balaban J connectivity index is 2.02. The Morgan fingerprint density at radius 2 is 1.96 bits per heavy atom. The molecule has 140 valence electrons. The standard InChI is InChI=1S/C20H15IN4O3/c1-28-12-4-6-14-15(10-12)19(26)17-13-5-3-11(21)9-16(13)20(27)25(18(14)17)8-2-7-23-24-22/h3-6,9-10H,2,7-8H2,1H3. The number of carbonyl (C=O) groups excluding carboxylic acids is 1. The summed E-state index contributed by atoms with van der Waals surface area (Å²) in [6, 6.07) is 10.9. The molecule has 0 spiro atoms. The minimum Gasteiger partial charge on any atom is -0.497 e. The number of halogens is 1. The monoisotopic (exact) mass is 486 g/mol. The molecule has 4 rings (SSSR count). The number of ether oxygens (including phenoxy) is 1. The molecule has 0 saturated heterocycles. The first-order valence-corrected chi connectivity index (χ1v) is 9.74. The fraction of sp³-hybridized carbons (Fsp3) is 0.200. The van der Waals surface area contributed by atoms with Crippen LogP contribution in [0.5, 0.6) is 5.75 Å². The lowest BCUT2D eigenvalue weighted by Crippen LogP contribution is -2.24. The van der Waals surface area contributed by atoms with Crippen LogP contribution in [-0.4, -0.2) is 24.0 Å². The van der Waals surface area contributed by atoms with Gasteiger partial charge in [-0.25, -0.2) is 0 Å². The van der Waals surface area contributed by atoms with Gasteiger partial charge in [0.15, 0.2) is 5.78 Å². The lowest BCUT2D eigenvalue weighted by molar-refractivity contribution is 0.104. The topological polar surface area (TPSA) is 97.1 Å². The van der Waals surface area contributed by atoms with Gasteiger partial charge in [0.2, 0.25) is 0 Å². The van der Waals surface area contributed by atoms with Gasteiger partial charge in [-0.3, -0.25) is 9.59 Å². The quantitative estimate of drug-likeness (QED) is 0.136. The zero-order chi connectivity index (χ0) is 19.8. The van der Waals surface area contributed by atoms with Gasteiger partial charge in [0.25, 0.3) is 5.56 Å². The molecule has 0 bridgehead atoms. The van der Waals surface area contributed by atoms with Crippen molar-refractivity contribution in [2.45, 2.75) is 13.0 Å². The Kier molecular flexibility index (Phi) is 4.82. The van der Waals surface area contributed by atoms with E-state index in [-0.39, 0.29) is 17.9 Å². The molecule has 28 heavy (non-hydrogen) atoms. The zero-order valence-corrected chi connectivity index (χ0v) is 17.1. The average Bonchev–Trinajstić information content (AvgIpc) is 2.99. The SMILES string of the molecule is COc1ccc2c(c1)C(=O)c1c-2n(CCCN=[N+]=[N-])c(=O)c2cc(I)ccc12. The molecule has 0 aliphatic heterocycles. The molecule has 0 fully saturated rings. The molecular weight excluding hydrogens is 471 g/mol. The van der Waals surface area contributed by atoms with Crippen molar-refractivity contribution >= 4 is 39.1 Å². The van der Waals surface area contributed by atoms with Crippen LogP contribution in [0.15, 0.2) is 46.3 Å². The Labute approximate surface area is 173 Å². The molecule has 1 aliphatic rings. The molecule has 1 heterocycles. The van der Waals surface area contributed by atoms with Gasteiger partial charge in [0.1, 0.15) is 5.75 Å². The Hall–Kier alpha value is -2.84. The molecule has 8 heteroatoms. The zero-order valence-electron chi connectivity index (χ0n) is 15.0. The van der Waals surface area contributed by atoms with E-state index in [0.717, 1.165) is 9.13 Å². The van der Waals surface area contributed by atoms with Crippen molar-refractivity contribution in [2.75, 3.05) is 13.7 Å². The highest BCUT2D eigenvalue weighted by molar-refractivity contribution is 14.1. The maximum atomic E-state index is 13.3. The van der Waals surface area contributed by atoms with Crippen LogP contribution in [0, 0.1) is 3.57 Å². The molecule has 1 aliphatic carbocycles.